The van der Waals surface area contributed by atoms with Crippen LogP contribution in [-0.2, 0) is 9.53 Å². The molecule has 4 aliphatic rings. The Balaban J connectivity index is 1.29. The number of esters is 1. The zero-order valence-corrected chi connectivity index (χ0v) is 21.2. The molecule has 0 saturated heterocycles. The van der Waals surface area contributed by atoms with Gasteiger partial charge >= 0.3 is 5.97 Å². The molecule has 4 saturated carbocycles. The van der Waals surface area contributed by atoms with Gasteiger partial charge in [-0.05, 0) is 93.3 Å². The third-order valence-corrected chi connectivity index (χ3v) is 10.8. The van der Waals surface area contributed by atoms with Crippen molar-refractivity contribution in [2.75, 3.05) is 0 Å². The van der Waals surface area contributed by atoms with Crippen molar-refractivity contribution in [3.63, 3.8) is 0 Å². The Kier molecular flexibility index (Phi) is 7.95. The van der Waals surface area contributed by atoms with Crippen molar-refractivity contribution in [2.45, 2.75) is 142 Å². The predicted molar refractivity (Wildman–Crippen MR) is 130 cm³/mol. The van der Waals surface area contributed by atoms with E-state index in [0.29, 0.717) is 17.8 Å². The van der Waals surface area contributed by atoms with Crippen molar-refractivity contribution in [3.8, 4) is 0 Å². The summed E-state index contributed by atoms with van der Waals surface area (Å²) in [6.45, 7) is 7.26. The summed E-state index contributed by atoms with van der Waals surface area (Å²) in [5.74, 6) is 3.12. The predicted octanol–water partition coefficient (Wildman–Crippen LogP) is 7.44. The van der Waals surface area contributed by atoms with Crippen molar-refractivity contribution in [1.82, 2.24) is 0 Å². The summed E-state index contributed by atoms with van der Waals surface area (Å²) >= 11 is 0. The summed E-state index contributed by atoms with van der Waals surface area (Å²) in [5, 5.41) is 10.2. The van der Waals surface area contributed by atoms with Gasteiger partial charge in [0.1, 0.15) is 6.10 Å². The third kappa shape index (κ3) is 4.80. The van der Waals surface area contributed by atoms with E-state index < -0.39 is 0 Å². The summed E-state index contributed by atoms with van der Waals surface area (Å²) in [4.78, 5) is 12.7. The fourth-order valence-corrected chi connectivity index (χ4v) is 8.83. The van der Waals surface area contributed by atoms with E-state index in [0.717, 1.165) is 43.4 Å². The molecule has 0 radical (unpaired) electrons. The number of unbranched alkanes of at least 4 members (excludes halogenated alkanes) is 6. The molecule has 3 heteroatoms. The monoisotopic (exact) mass is 446 g/mol. The van der Waals surface area contributed by atoms with Crippen LogP contribution in [0.5, 0.6) is 0 Å². The molecule has 4 rings (SSSR count). The van der Waals surface area contributed by atoms with Crippen LogP contribution in [0.4, 0.5) is 0 Å². The quantitative estimate of drug-likeness (QED) is 0.296. The highest BCUT2D eigenvalue weighted by molar-refractivity contribution is 5.69. The van der Waals surface area contributed by atoms with E-state index in [4.69, 9.17) is 4.74 Å². The van der Waals surface area contributed by atoms with Crippen LogP contribution >= 0.6 is 0 Å². The number of carbonyl (C=O) groups is 1. The van der Waals surface area contributed by atoms with E-state index in [1.807, 2.05) is 0 Å². The van der Waals surface area contributed by atoms with Gasteiger partial charge in [-0.15, -0.1) is 0 Å². The molecule has 0 aromatic carbocycles. The topological polar surface area (TPSA) is 46.5 Å². The zero-order valence-electron chi connectivity index (χ0n) is 21.2. The first-order valence-electron chi connectivity index (χ1n) is 14.3. The lowest BCUT2D eigenvalue weighted by molar-refractivity contribution is -0.165. The summed E-state index contributed by atoms with van der Waals surface area (Å²) in [6.07, 6.45) is 20.1. The zero-order chi connectivity index (χ0) is 22.8. The minimum absolute atomic E-state index is 0.0597. The fraction of sp³-hybridized carbons (Fsp3) is 0.966. The Morgan fingerprint density at radius 2 is 1.53 bits per heavy atom. The second-order valence-corrected chi connectivity index (χ2v) is 12.6. The number of hydrogen-bond acceptors (Lipinski definition) is 3. The highest BCUT2D eigenvalue weighted by Gasteiger charge is 2.61. The lowest BCUT2D eigenvalue weighted by Crippen LogP contribution is -2.54. The van der Waals surface area contributed by atoms with Gasteiger partial charge < -0.3 is 9.84 Å². The van der Waals surface area contributed by atoms with Crippen LogP contribution in [0.3, 0.4) is 0 Å². The van der Waals surface area contributed by atoms with Gasteiger partial charge in [0.2, 0.25) is 0 Å². The van der Waals surface area contributed by atoms with Crippen molar-refractivity contribution in [1.29, 1.82) is 0 Å². The normalized spacial score (nSPS) is 43.2. The van der Waals surface area contributed by atoms with Gasteiger partial charge in [0, 0.05) is 11.8 Å². The van der Waals surface area contributed by atoms with Crippen LogP contribution in [0.2, 0.25) is 0 Å². The van der Waals surface area contributed by atoms with Crippen LogP contribution in [-0.4, -0.2) is 23.3 Å². The van der Waals surface area contributed by atoms with Gasteiger partial charge in [0.05, 0.1) is 6.10 Å². The molecular formula is C29H50O3. The Morgan fingerprint density at radius 1 is 0.844 bits per heavy atom. The first-order chi connectivity index (χ1) is 15.4. The molecule has 0 spiro atoms. The smallest absolute Gasteiger partial charge is 0.306 e. The highest BCUT2D eigenvalue weighted by Crippen LogP contribution is 2.66. The Morgan fingerprint density at radius 3 is 2.31 bits per heavy atom. The molecule has 32 heavy (non-hydrogen) atoms. The van der Waals surface area contributed by atoms with Crippen LogP contribution in [0.25, 0.3) is 0 Å². The highest BCUT2D eigenvalue weighted by atomic mass is 16.5. The standard InChI is InChI=1S/C29H50O3/c1-4-5-6-7-8-9-10-11-27(31)32-26-15-14-24-23-13-12-21-20-22(30)16-18-28(21,2)25(23)17-19-29(24,26)3/h21-26,30H,4-20H2,1-3H3/t21-,22-,23-,24-,25-,26-,28-,29-/m0/s1. The number of aliphatic hydroxyl groups excluding tert-OH is 1. The van der Waals surface area contributed by atoms with Gasteiger partial charge in [-0.1, -0.05) is 59.3 Å². The summed E-state index contributed by atoms with van der Waals surface area (Å²) in [7, 11) is 0. The molecule has 0 aliphatic heterocycles. The van der Waals surface area contributed by atoms with Crippen molar-refractivity contribution >= 4 is 5.97 Å². The number of rotatable bonds is 9. The number of carbonyl (C=O) groups excluding carboxylic acids is 1. The molecule has 184 valence electrons. The van der Waals surface area contributed by atoms with E-state index in [9.17, 15) is 9.90 Å². The van der Waals surface area contributed by atoms with Crippen molar-refractivity contribution in [2.24, 2.45) is 34.5 Å². The fourth-order valence-electron chi connectivity index (χ4n) is 8.83. The molecule has 4 fully saturated rings. The van der Waals surface area contributed by atoms with Crippen LogP contribution in [0, 0.1) is 34.5 Å². The summed E-state index contributed by atoms with van der Waals surface area (Å²) in [6, 6.07) is 0. The van der Waals surface area contributed by atoms with Gasteiger partial charge in [-0.25, -0.2) is 0 Å². The van der Waals surface area contributed by atoms with Crippen LogP contribution in [0.1, 0.15) is 130 Å². The molecular weight excluding hydrogens is 396 g/mol. The minimum atomic E-state index is -0.0647. The molecule has 0 aromatic rings. The van der Waals surface area contributed by atoms with Gasteiger partial charge in [-0.2, -0.15) is 0 Å². The molecule has 8 atom stereocenters. The largest absolute Gasteiger partial charge is 0.462 e. The number of aliphatic hydroxyl groups is 1. The molecule has 0 amide bonds. The maximum atomic E-state index is 12.7. The lowest BCUT2D eigenvalue weighted by Gasteiger charge is -2.60. The molecule has 0 heterocycles. The summed E-state index contributed by atoms with van der Waals surface area (Å²) < 4.78 is 6.18. The number of hydrogen-bond donors (Lipinski definition) is 1. The first kappa shape index (κ1) is 24.6. The second-order valence-electron chi connectivity index (χ2n) is 12.6. The minimum Gasteiger partial charge on any atom is -0.462 e. The van der Waals surface area contributed by atoms with Crippen LogP contribution in [0.15, 0.2) is 0 Å². The van der Waals surface area contributed by atoms with E-state index in [-0.39, 0.29) is 23.6 Å². The van der Waals surface area contributed by atoms with Crippen LogP contribution < -0.4 is 0 Å². The van der Waals surface area contributed by atoms with Gasteiger partial charge in [0.15, 0.2) is 0 Å². The molecule has 0 aromatic heterocycles. The average Bonchev–Trinajstić information content (AvgIpc) is 3.10. The third-order valence-electron chi connectivity index (χ3n) is 10.8. The number of ether oxygens (including phenoxy) is 1. The first-order valence-corrected chi connectivity index (χ1v) is 14.3. The van der Waals surface area contributed by atoms with E-state index in [1.54, 1.807) is 0 Å². The van der Waals surface area contributed by atoms with Crippen molar-refractivity contribution < 1.29 is 14.6 Å². The maximum Gasteiger partial charge on any atom is 0.306 e. The molecule has 4 aliphatic carbocycles. The average molecular weight is 447 g/mol. The van der Waals surface area contributed by atoms with E-state index in [2.05, 4.69) is 20.8 Å². The lowest BCUT2D eigenvalue weighted by atomic mass is 9.45. The van der Waals surface area contributed by atoms with Crippen molar-refractivity contribution in [3.05, 3.63) is 0 Å². The molecule has 0 unspecified atom stereocenters. The summed E-state index contributed by atoms with van der Waals surface area (Å²) in [5.41, 5.74) is 0.615. The maximum absolute atomic E-state index is 12.7. The van der Waals surface area contributed by atoms with Gasteiger partial charge in [0.25, 0.3) is 0 Å². The molecule has 1 N–H and O–H groups in total. The Labute approximate surface area is 197 Å². The van der Waals surface area contributed by atoms with Gasteiger partial charge in [-0.3, -0.25) is 4.79 Å². The second kappa shape index (κ2) is 10.4. The number of fused-ring (bicyclic) bond motifs is 5. The SMILES string of the molecule is CCCCCCCCCC(=O)O[C@H]1CC[C@H]2[C@@H]3CC[C@H]4C[C@@H](O)CC[C@]4(C)[C@H]3CC[C@]12C. The Hall–Kier alpha value is -0.570. The molecule has 3 nitrogen and oxygen atoms in total. The Bertz CT molecular complexity index is 632. The molecule has 0 bridgehead atoms. The van der Waals surface area contributed by atoms with E-state index >= 15 is 0 Å². The van der Waals surface area contributed by atoms with E-state index in [1.165, 1.54) is 77.0 Å².